The molecular formula is C16H21NO2. The van der Waals surface area contributed by atoms with Crippen LogP contribution in [0, 0.1) is 0 Å². The fourth-order valence-electron chi connectivity index (χ4n) is 1.38. The molecule has 0 aliphatic carbocycles. The van der Waals surface area contributed by atoms with Gasteiger partial charge < -0.3 is 15.2 Å². The second-order valence-electron chi connectivity index (χ2n) is 3.91. The summed E-state index contributed by atoms with van der Waals surface area (Å²) < 4.78 is 90.7. The summed E-state index contributed by atoms with van der Waals surface area (Å²) in [5.41, 5.74) is 0. The molecule has 3 heteroatoms. The fraction of sp³-hybridized carbons (Fsp3) is 0.375. The van der Waals surface area contributed by atoms with Gasteiger partial charge in [0, 0.05) is 22.1 Å². The molecule has 2 atom stereocenters. The quantitative estimate of drug-likeness (QED) is 0.847. The third kappa shape index (κ3) is 3.94. The zero-order chi connectivity index (χ0) is 23.2. The van der Waals surface area contributed by atoms with Crippen molar-refractivity contribution in [1.29, 1.82) is 0 Å². The number of benzene rings is 2. The van der Waals surface area contributed by atoms with Crippen molar-refractivity contribution in [2.45, 2.75) is 25.9 Å². The number of hydrogen-bond donors (Lipinski definition) is 2. The van der Waals surface area contributed by atoms with Gasteiger partial charge in [-0.2, -0.15) is 0 Å². The highest BCUT2D eigenvalue weighted by atomic mass is 16.5. The monoisotopic (exact) mass is 270 g/mol. The van der Waals surface area contributed by atoms with Crippen LogP contribution in [0.2, 0.25) is 0 Å². The first kappa shape index (κ1) is 5.43. The van der Waals surface area contributed by atoms with E-state index in [1.54, 1.807) is 0 Å². The Kier molecular flexibility index (Phi) is 1.87. The highest BCUT2D eigenvalue weighted by molar-refractivity contribution is 5.88. The molecule has 0 aliphatic rings. The Morgan fingerprint density at radius 2 is 2.16 bits per heavy atom. The maximum atomic E-state index is 10.2. The molecule has 2 N–H and O–H groups in total. The fourth-order valence-corrected chi connectivity index (χ4v) is 1.38. The smallest absolute Gasteiger partial charge is 0.127 e. The molecule has 0 aliphatic heterocycles. The maximum Gasteiger partial charge on any atom is 0.127 e. The van der Waals surface area contributed by atoms with Crippen molar-refractivity contribution in [3.05, 3.63) is 42.3 Å². The minimum atomic E-state index is -2.35. The van der Waals surface area contributed by atoms with E-state index in [4.69, 9.17) is 19.8 Å². The van der Waals surface area contributed by atoms with E-state index < -0.39 is 80.2 Å². The van der Waals surface area contributed by atoms with E-state index in [-0.39, 0.29) is 10.8 Å². The van der Waals surface area contributed by atoms with Crippen molar-refractivity contribution < 1.29 is 24.9 Å². The third-order valence-electron chi connectivity index (χ3n) is 2.27. The Morgan fingerprint density at radius 3 is 3.00 bits per heavy atom. The Hall–Kier alpha value is -1.58. The number of ether oxygens (including phenoxy) is 1. The molecule has 0 bridgehead atoms. The molecule has 0 aromatic heterocycles. The van der Waals surface area contributed by atoms with Gasteiger partial charge in [-0.25, -0.2) is 0 Å². The lowest BCUT2D eigenvalue weighted by Crippen LogP contribution is -2.35. The Morgan fingerprint density at radius 1 is 1.37 bits per heavy atom. The summed E-state index contributed by atoms with van der Waals surface area (Å²) in [5.74, 6) is -0.465. The minimum Gasteiger partial charge on any atom is -0.490 e. The van der Waals surface area contributed by atoms with Gasteiger partial charge in [-0.3, -0.25) is 0 Å². The van der Waals surface area contributed by atoms with Gasteiger partial charge in [0.2, 0.25) is 0 Å². The number of hydrogen-bond acceptors (Lipinski definition) is 3. The summed E-state index contributed by atoms with van der Waals surface area (Å²) in [6.45, 7) is -2.28. The largest absolute Gasteiger partial charge is 0.490 e. The molecule has 2 aromatic rings. The third-order valence-corrected chi connectivity index (χ3v) is 2.27. The molecule has 0 heterocycles. The van der Waals surface area contributed by atoms with E-state index in [0.29, 0.717) is 0 Å². The van der Waals surface area contributed by atoms with Crippen LogP contribution >= 0.6 is 0 Å². The summed E-state index contributed by atoms with van der Waals surface area (Å²) in [5, 5.41) is 12.1. The van der Waals surface area contributed by atoms with Gasteiger partial charge in [-0.05, 0) is 11.4 Å². The van der Waals surface area contributed by atoms with Crippen LogP contribution in [0.5, 0.6) is 5.75 Å². The number of rotatable bonds is 6. The molecule has 0 saturated heterocycles. The Bertz CT molecular complexity index is 967. The van der Waals surface area contributed by atoms with Gasteiger partial charge in [0.25, 0.3) is 0 Å². The van der Waals surface area contributed by atoms with Crippen molar-refractivity contribution in [3.8, 4) is 5.75 Å². The van der Waals surface area contributed by atoms with Gasteiger partial charge >= 0.3 is 0 Å². The van der Waals surface area contributed by atoms with Crippen LogP contribution in [-0.2, 0) is 0 Å². The lowest BCUT2D eigenvalue weighted by molar-refractivity contribution is 0.105. The van der Waals surface area contributed by atoms with Crippen molar-refractivity contribution in [1.82, 2.24) is 5.32 Å². The van der Waals surface area contributed by atoms with Crippen LogP contribution in [0.4, 0.5) is 0 Å². The van der Waals surface area contributed by atoms with Crippen LogP contribution in [0.25, 0.3) is 10.8 Å². The molecule has 0 fully saturated rings. The van der Waals surface area contributed by atoms with Crippen LogP contribution in [0.15, 0.2) is 42.3 Å². The summed E-state index contributed by atoms with van der Waals surface area (Å²) >= 11 is 0. The molecule has 0 radical (unpaired) electrons. The molecular weight excluding hydrogens is 238 g/mol. The lowest BCUT2D eigenvalue weighted by atomic mass is 10.1. The molecule has 19 heavy (non-hydrogen) atoms. The van der Waals surface area contributed by atoms with E-state index in [1.165, 1.54) is 6.92 Å². The molecule has 2 rings (SSSR count). The van der Waals surface area contributed by atoms with E-state index in [2.05, 4.69) is 5.32 Å². The topological polar surface area (TPSA) is 41.5 Å². The van der Waals surface area contributed by atoms with Crippen LogP contribution < -0.4 is 10.1 Å². The molecule has 2 unspecified atom stereocenters. The van der Waals surface area contributed by atoms with Crippen molar-refractivity contribution in [3.63, 3.8) is 0 Å². The SMILES string of the molecule is [2H]c1c([2H])c([2H])c2c(OCC([2H])(O)CNC(C)C([2H])([2H])[2H])c([2H])c([2H])c([2H])c2c1[2H]. The van der Waals surface area contributed by atoms with Crippen LogP contribution in [0.3, 0.4) is 0 Å². The first-order chi connectivity index (χ1) is 13.6. The standard InChI is InChI=1S/C16H21NO2/c1-12(2)17-10-14(18)11-19-16-9-5-7-13-6-3-4-8-15(13)16/h3-9,12,14,17-18H,10-11H2,1-2H3/i1D3,3D,4D,5D,6D,7D,8D,9D,14D. The van der Waals surface area contributed by atoms with Gasteiger partial charge in [-0.15, -0.1) is 0 Å². The van der Waals surface area contributed by atoms with E-state index in [0.717, 1.165) is 0 Å². The summed E-state index contributed by atoms with van der Waals surface area (Å²) in [4.78, 5) is 0. The molecule has 0 saturated carbocycles. The average Bonchev–Trinajstić information content (AvgIpc) is 2.65. The van der Waals surface area contributed by atoms with Gasteiger partial charge in [0.1, 0.15) is 18.4 Å². The number of aliphatic hydroxyl groups is 1. The van der Waals surface area contributed by atoms with Crippen molar-refractivity contribution >= 4 is 10.8 Å². The van der Waals surface area contributed by atoms with Gasteiger partial charge in [-0.1, -0.05) is 50.0 Å². The minimum absolute atomic E-state index is 0.299. The molecule has 2 aromatic carbocycles. The van der Waals surface area contributed by atoms with E-state index >= 15 is 0 Å². The molecule has 102 valence electrons. The van der Waals surface area contributed by atoms with Gasteiger partial charge in [0.15, 0.2) is 0 Å². The molecule has 0 amide bonds. The normalized spacial score (nSPS) is 24.8. The van der Waals surface area contributed by atoms with E-state index in [1.807, 2.05) is 0 Å². The predicted octanol–water partition coefficient (Wildman–Crippen LogP) is 2.58. The van der Waals surface area contributed by atoms with E-state index in [9.17, 15) is 5.11 Å². The van der Waals surface area contributed by atoms with Gasteiger partial charge in [0.05, 0.1) is 11.0 Å². The van der Waals surface area contributed by atoms with Crippen LogP contribution in [0.1, 0.15) is 28.9 Å². The highest BCUT2D eigenvalue weighted by Gasteiger charge is 2.07. The predicted molar refractivity (Wildman–Crippen MR) is 78.6 cm³/mol. The first-order valence-electron chi connectivity index (χ1n) is 11.2. The van der Waals surface area contributed by atoms with Crippen molar-refractivity contribution in [2.75, 3.05) is 13.2 Å². The Balaban J connectivity index is 2.45. The Labute approximate surface area is 129 Å². The summed E-state index contributed by atoms with van der Waals surface area (Å²) in [6.07, 6.45) is -2.34. The number of nitrogens with one attached hydrogen (secondary N) is 1. The molecule has 0 spiro atoms. The zero-order valence-corrected chi connectivity index (χ0v) is 10.3. The second kappa shape index (κ2) is 6.55. The zero-order valence-electron chi connectivity index (χ0n) is 21.3. The highest BCUT2D eigenvalue weighted by Crippen LogP contribution is 2.25. The summed E-state index contributed by atoms with van der Waals surface area (Å²) in [6, 6.07) is -5.22. The maximum absolute atomic E-state index is 10.2. The number of fused-ring (bicyclic) bond motifs is 1. The first-order valence-corrected chi connectivity index (χ1v) is 5.68. The van der Waals surface area contributed by atoms with Crippen LogP contribution in [-0.4, -0.2) is 30.4 Å². The average molecular weight is 270 g/mol. The second-order valence-corrected chi connectivity index (χ2v) is 3.91. The molecule has 3 nitrogen and oxygen atoms in total. The van der Waals surface area contributed by atoms with Crippen molar-refractivity contribution in [2.24, 2.45) is 0 Å². The lowest BCUT2D eigenvalue weighted by Gasteiger charge is -2.15. The summed E-state index contributed by atoms with van der Waals surface area (Å²) in [7, 11) is 0.